The molecule has 0 bridgehead atoms. The molecule has 2 fully saturated rings. The summed E-state index contributed by atoms with van der Waals surface area (Å²) >= 11 is 0. The lowest BCUT2D eigenvalue weighted by Crippen LogP contribution is -2.41. The van der Waals surface area contributed by atoms with Crippen molar-refractivity contribution < 1.29 is 14.6 Å². The molecule has 3 rings (SSSR count). The Morgan fingerprint density at radius 2 is 1.93 bits per heavy atom. The molecule has 0 saturated carbocycles. The summed E-state index contributed by atoms with van der Waals surface area (Å²) in [4.78, 5) is 14.4. The number of rotatable bonds is 8. The maximum absolute atomic E-state index is 11.9. The molecule has 1 aromatic rings. The number of aliphatic hydroxyl groups excluding tert-OH is 1. The van der Waals surface area contributed by atoms with Crippen LogP contribution in [0.1, 0.15) is 31.2 Å². The van der Waals surface area contributed by atoms with Crippen molar-refractivity contribution in [2.75, 3.05) is 32.8 Å². The second kappa shape index (κ2) is 13.4. The second-order valence-electron chi connectivity index (χ2n) is 7.33. The molecule has 1 amide bonds. The number of amides is 1. The minimum absolute atomic E-state index is 0. The first-order valence-corrected chi connectivity index (χ1v) is 9.78. The average Bonchev–Trinajstić information content (AvgIpc) is 3.10. The predicted molar refractivity (Wildman–Crippen MR) is 115 cm³/mol. The van der Waals surface area contributed by atoms with Crippen molar-refractivity contribution in [3.63, 3.8) is 0 Å². The van der Waals surface area contributed by atoms with Gasteiger partial charge < -0.3 is 20.5 Å². The smallest absolute Gasteiger partial charge is 0.237 e. The minimum atomic E-state index is -0.401. The van der Waals surface area contributed by atoms with E-state index in [1.807, 2.05) is 0 Å². The molecule has 28 heavy (non-hydrogen) atoms. The summed E-state index contributed by atoms with van der Waals surface area (Å²) in [7, 11) is 0. The number of benzene rings is 1. The SMILES string of the molecule is Cl.Cl.O=C(NCCCOC1CCN(Cc2ccccc2)CC1)C1CC(O)CN1. The largest absolute Gasteiger partial charge is 0.392 e. The van der Waals surface area contributed by atoms with Gasteiger partial charge in [0.25, 0.3) is 0 Å². The van der Waals surface area contributed by atoms with Gasteiger partial charge in [0.1, 0.15) is 0 Å². The highest BCUT2D eigenvalue weighted by molar-refractivity contribution is 5.85. The van der Waals surface area contributed by atoms with Gasteiger partial charge in [-0.3, -0.25) is 9.69 Å². The highest BCUT2D eigenvalue weighted by Gasteiger charge is 2.27. The van der Waals surface area contributed by atoms with E-state index in [4.69, 9.17) is 4.74 Å². The van der Waals surface area contributed by atoms with Crippen LogP contribution >= 0.6 is 24.8 Å². The standard InChI is InChI=1S/C20H31N3O3.2ClH/c24-17-13-19(22-14-17)20(25)21-9-4-12-26-18-7-10-23(11-8-18)15-16-5-2-1-3-6-16;;/h1-3,5-6,17-19,22,24H,4,7-15H2,(H,21,25);2*1H. The van der Waals surface area contributed by atoms with Gasteiger partial charge in [0.15, 0.2) is 0 Å². The third-order valence-electron chi connectivity index (χ3n) is 5.18. The number of nitrogens with one attached hydrogen (secondary N) is 2. The molecule has 160 valence electrons. The van der Waals surface area contributed by atoms with E-state index in [0.29, 0.717) is 32.2 Å². The van der Waals surface area contributed by atoms with E-state index in [2.05, 4.69) is 45.9 Å². The van der Waals surface area contributed by atoms with Gasteiger partial charge in [0, 0.05) is 39.3 Å². The van der Waals surface area contributed by atoms with Gasteiger partial charge in [0.2, 0.25) is 5.91 Å². The summed E-state index contributed by atoms with van der Waals surface area (Å²) in [6, 6.07) is 10.3. The molecule has 2 aliphatic heterocycles. The quantitative estimate of drug-likeness (QED) is 0.544. The Kier molecular flexibility index (Phi) is 12.0. The number of β-amino-alcohol motifs (C(OH)–C–C–N with tert-alkyl or cyclic N) is 1. The van der Waals surface area contributed by atoms with Crippen LogP contribution in [0.15, 0.2) is 30.3 Å². The molecule has 0 aromatic heterocycles. The number of likely N-dealkylation sites (tertiary alicyclic amines) is 1. The first-order valence-electron chi connectivity index (χ1n) is 9.78. The van der Waals surface area contributed by atoms with Crippen molar-refractivity contribution in [2.45, 2.75) is 50.5 Å². The highest BCUT2D eigenvalue weighted by Crippen LogP contribution is 2.16. The summed E-state index contributed by atoms with van der Waals surface area (Å²) in [6.45, 7) is 4.98. The molecule has 2 atom stereocenters. The molecule has 8 heteroatoms. The molecular formula is C20H33Cl2N3O3. The van der Waals surface area contributed by atoms with Gasteiger partial charge in [-0.1, -0.05) is 30.3 Å². The zero-order chi connectivity index (χ0) is 18.2. The Hall–Kier alpha value is -0.890. The van der Waals surface area contributed by atoms with E-state index in [9.17, 15) is 9.90 Å². The number of halogens is 2. The van der Waals surface area contributed by atoms with Crippen LogP contribution in [0.25, 0.3) is 0 Å². The fourth-order valence-electron chi connectivity index (χ4n) is 3.65. The molecule has 1 aromatic carbocycles. The van der Waals surface area contributed by atoms with Gasteiger partial charge in [0.05, 0.1) is 18.2 Å². The average molecular weight is 434 g/mol. The van der Waals surface area contributed by atoms with E-state index in [1.54, 1.807) is 0 Å². The molecule has 0 radical (unpaired) electrons. The van der Waals surface area contributed by atoms with Crippen molar-refractivity contribution in [3.05, 3.63) is 35.9 Å². The highest BCUT2D eigenvalue weighted by atomic mass is 35.5. The minimum Gasteiger partial charge on any atom is -0.392 e. The van der Waals surface area contributed by atoms with Gasteiger partial charge in [-0.2, -0.15) is 0 Å². The van der Waals surface area contributed by atoms with E-state index >= 15 is 0 Å². The molecule has 2 saturated heterocycles. The Morgan fingerprint density at radius 3 is 2.57 bits per heavy atom. The van der Waals surface area contributed by atoms with Gasteiger partial charge in [-0.15, -0.1) is 24.8 Å². The molecule has 2 aliphatic rings. The van der Waals surface area contributed by atoms with Crippen molar-refractivity contribution >= 4 is 30.7 Å². The van der Waals surface area contributed by atoms with Crippen LogP contribution < -0.4 is 10.6 Å². The summed E-state index contributed by atoms with van der Waals surface area (Å²) in [5.41, 5.74) is 1.37. The molecule has 2 unspecified atom stereocenters. The Bertz CT molecular complexity index is 557. The Morgan fingerprint density at radius 1 is 1.21 bits per heavy atom. The van der Waals surface area contributed by atoms with Crippen LogP contribution in [0, 0.1) is 0 Å². The summed E-state index contributed by atoms with van der Waals surface area (Å²) in [5, 5.41) is 15.4. The van der Waals surface area contributed by atoms with E-state index in [-0.39, 0.29) is 36.8 Å². The predicted octanol–water partition coefficient (Wildman–Crippen LogP) is 1.74. The molecule has 2 heterocycles. The van der Waals surface area contributed by atoms with Crippen molar-refractivity contribution in [1.29, 1.82) is 0 Å². The topological polar surface area (TPSA) is 73.8 Å². The second-order valence-corrected chi connectivity index (χ2v) is 7.33. The number of carbonyl (C=O) groups excluding carboxylic acids is 1. The van der Waals surface area contributed by atoms with E-state index in [1.165, 1.54) is 5.56 Å². The maximum atomic E-state index is 11.9. The number of nitrogens with zero attached hydrogens (tertiary/aromatic N) is 1. The lowest BCUT2D eigenvalue weighted by Gasteiger charge is -2.32. The molecule has 3 N–H and O–H groups in total. The van der Waals surface area contributed by atoms with Crippen LogP contribution in [0.3, 0.4) is 0 Å². The number of hydrogen-bond donors (Lipinski definition) is 3. The van der Waals surface area contributed by atoms with Gasteiger partial charge >= 0.3 is 0 Å². The fraction of sp³-hybridized carbons (Fsp3) is 0.650. The zero-order valence-electron chi connectivity index (χ0n) is 16.2. The monoisotopic (exact) mass is 433 g/mol. The normalized spacial score (nSPS) is 22.9. The zero-order valence-corrected chi connectivity index (χ0v) is 17.9. The Balaban J connectivity index is 0.00000196. The molecule has 6 nitrogen and oxygen atoms in total. The molecular weight excluding hydrogens is 401 g/mol. The van der Waals surface area contributed by atoms with E-state index < -0.39 is 6.10 Å². The van der Waals surface area contributed by atoms with Crippen molar-refractivity contribution in [2.24, 2.45) is 0 Å². The van der Waals surface area contributed by atoms with Crippen molar-refractivity contribution in [3.8, 4) is 0 Å². The van der Waals surface area contributed by atoms with Crippen molar-refractivity contribution in [1.82, 2.24) is 15.5 Å². The summed E-state index contributed by atoms with van der Waals surface area (Å²) in [5.74, 6) is -0.0178. The first-order chi connectivity index (χ1) is 12.7. The first kappa shape index (κ1) is 25.1. The third kappa shape index (κ3) is 8.23. The van der Waals surface area contributed by atoms with Crippen LogP contribution in [-0.4, -0.2) is 66.9 Å². The number of piperidine rings is 1. The number of ether oxygens (including phenoxy) is 1. The van der Waals surface area contributed by atoms with Crippen LogP contribution in [0.4, 0.5) is 0 Å². The molecule has 0 aliphatic carbocycles. The summed E-state index contributed by atoms with van der Waals surface area (Å²) in [6.07, 6.45) is 3.41. The number of aliphatic hydroxyl groups is 1. The van der Waals surface area contributed by atoms with Gasteiger partial charge in [-0.25, -0.2) is 0 Å². The van der Waals surface area contributed by atoms with Gasteiger partial charge in [-0.05, 0) is 31.2 Å². The van der Waals surface area contributed by atoms with Crippen LogP contribution in [0.2, 0.25) is 0 Å². The van der Waals surface area contributed by atoms with Crippen LogP contribution in [-0.2, 0) is 16.1 Å². The van der Waals surface area contributed by atoms with Crippen LogP contribution in [0.5, 0.6) is 0 Å². The number of hydrogen-bond acceptors (Lipinski definition) is 5. The fourth-order valence-corrected chi connectivity index (χ4v) is 3.65. The number of carbonyl (C=O) groups is 1. The third-order valence-corrected chi connectivity index (χ3v) is 5.18. The lowest BCUT2D eigenvalue weighted by molar-refractivity contribution is -0.123. The molecule has 0 spiro atoms. The lowest BCUT2D eigenvalue weighted by atomic mass is 10.1. The van der Waals surface area contributed by atoms with E-state index in [0.717, 1.165) is 38.9 Å². The maximum Gasteiger partial charge on any atom is 0.237 e. The summed E-state index contributed by atoms with van der Waals surface area (Å²) < 4.78 is 5.97. The Labute approximate surface area is 180 Å².